The van der Waals surface area contributed by atoms with Crippen LogP contribution in [-0.2, 0) is 17.7 Å². The molecule has 0 radical (unpaired) electrons. The van der Waals surface area contributed by atoms with Crippen LogP contribution in [0.1, 0.15) is 31.0 Å². The molecule has 6 heteroatoms. The number of ether oxygens (including phenoxy) is 2. The number of terminal acetylenes is 1. The molecule has 34 heavy (non-hydrogen) atoms. The van der Waals surface area contributed by atoms with Crippen molar-refractivity contribution in [3.8, 4) is 29.7 Å². The summed E-state index contributed by atoms with van der Waals surface area (Å²) in [5, 5.41) is 15.5. The van der Waals surface area contributed by atoms with E-state index in [0.29, 0.717) is 24.9 Å². The van der Waals surface area contributed by atoms with Crippen molar-refractivity contribution in [2.45, 2.75) is 38.8 Å². The lowest BCUT2D eigenvalue weighted by Gasteiger charge is -2.25. The molecular weight excluding hydrogens is 426 g/mol. The van der Waals surface area contributed by atoms with E-state index in [9.17, 15) is 5.11 Å². The summed E-state index contributed by atoms with van der Waals surface area (Å²) in [7, 11) is 0. The minimum atomic E-state index is -0.611. The highest BCUT2D eigenvalue weighted by Crippen LogP contribution is 2.34. The van der Waals surface area contributed by atoms with Gasteiger partial charge in [0.2, 0.25) is 5.88 Å². The maximum Gasteiger partial charge on any atom is 0.227 e. The quantitative estimate of drug-likeness (QED) is 0.302. The number of para-hydroxylation sites is 2. The molecule has 1 atom stereocenters. The van der Waals surface area contributed by atoms with Gasteiger partial charge in [-0.3, -0.25) is 4.90 Å². The van der Waals surface area contributed by atoms with Crippen molar-refractivity contribution in [3.63, 3.8) is 0 Å². The number of aliphatic hydroxyl groups is 1. The lowest BCUT2D eigenvalue weighted by atomic mass is 10.1. The predicted molar refractivity (Wildman–Crippen MR) is 133 cm³/mol. The molecule has 1 N–H and O–H groups in total. The first-order valence-electron chi connectivity index (χ1n) is 12.0. The van der Waals surface area contributed by atoms with Gasteiger partial charge in [-0.25, -0.2) is 4.68 Å². The van der Waals surface area contributed by atoms with Crippen molar-refractivity contribution in [2.75, 3.05) is 26.3 Å². The Hall–Kier alpha value is -3.11. The lowest BCUT2D eigenvalue weighted by molar-refractivity contribution is 0.0249. The van der Waals surface area contributed by atoms with Gasteiger partial charge in [-0.05, 0) is 49.4 Å². The molecule has 1 saturated carbocycles. The van der Waals surface area contributed by atoms with Gasteiger partial charge in [0.05, 0.1) is 29.7 Å². The van der Waals surface area contributed by atoms with Crippen LogP contribution in [-0.4, -0.2) is 52.2 Å². The molecule has 0 aliphatic heterocycles. The van der Waals surface area contributed by atoms with Gasteiger partial charge in [0, 0.05) is 19.6 Å². The largest absolute Gasteiger partial charge is 0.439 e. The molecule has 1 fully saturated rings. The van der Waals surface area contributed by atoms with Crippen LogP contribution >= 0.6 is 0 Å². The van der Waals surface area contributed by atoms with E-state index in [-0.39, 0.29) is 13.2 Å². The summed E-state index contributed by atoms with van der Waals surface area (Å²) in [6.07, 6.45) is 7.90. The Morgan fingerprint density at radius 1 is 1.15 bits per heavy atom. The van der Waals surface area contributed by atoms with Crippen molar-refractivity contribution < 1.29 is 14.6 Å². The second-order valence-electron chi connectivity index (χ2n) is 8.76. The highest BCUT2D eigenvalue weighted by atomic mass is 16.5. The lowest BCUT2D eigenvalue weighted by Crippen LogP contribution is -2.36. The molecule has 1 aliphatic rings. The smallest absolute Gasteiger partial charge is 0.227 e. The highest BCUT2D eigenvalue weighted by Gasteiger charge is 2.28. The number of nitrogens with zero attached hydrogens (tertiary/aromatic N) is 3. The maximum absolute atomic E-state index is 10.6. The fourth-order valence-corrected chi connectivity index (χ4v) is 4.07. The maximum atomic E-state index is 10.6. The second kappa shape index (κ2) is 11.8. The van der Waals surface area contributed by atoms with Crippen LogP contribution in [0, 0.1) is 18.3 Å². The third-order valence-electron chi connectivity index (χ3n) is 5.87. The summed E-state index contributed by atoms with van der Waals surface area (Å²) in [6, 6.07) is 19.9. The van der Waals surface area contributed by atoms with Crippen LogP contribution in [0.5, 0.6) is 11.6 Å². The molecule has 0 amide bonds. The van der Waals surface area contributed by atoms with Crippen molar-refractivity contribution in [3.05, 3.63) is 71.9 Å². The first-order valence-corrected chi connectivity index (χ1v) is 12.0. The van der Waals surface area contributed by atoms with E-state index in [1.54, 1.807) is 0 Å². The molecule has 0 bridgehead atoms. The zero-order valence-corrected chi connectivity index (χ0v) is 19.8. The van der Waals surface area contributed by atoms with Crippen LogP contribution in [0.3, 0.4) is 0 Å². The van der Waals surface area contributed by atoms with E-state index in [1.807, 2.05) is 65.3 Å². The average molecular weight is 460 g/mol. The topological polar surface area (TPSA) is 59.8 Å². The van der Waals surface area contributed by atoms with Crippen LogP contribution in [0.4, 0.5) is 0 Å². The van der Waals surface area contributed by atoms with E-state index in [4.69, 9.17) is 21.0 Å². The van der Waals surface area contributed by atoms with Crippen LogP contribution in [0.15, 0.2) is 60.7 Å². The standard InChI is InChI=1S/C28H33N3O3/c1-3-17-33-21-24(32)19-30(18-22-15-16-22)20-26-27(4-2)29-31(23-11-7-5-8-12-23)28(26)34-25-13-9-6-10-14-25/h1,5-14,22,24,32H,4,15-21H2,2H3/t24-/m1/s1. The monoisotopic (exact) mass is 459 g/mol. The zero-order chi connectivity index (χ0) is 23.8. The Balaban J connectivity index is 1.65. The van der Waals surface area contributed by atoms with E-state index in [0.717, 1.165) is 35.7 Å². The molecule has 0 unspecified atom stereocenters. The molecule has 2 aromatic carbocycles. The zero-order valence-electron chi connectivity index (χ0n) is 19.8. The summed E-state index contributed by atoms with van der Waals surface area (Å²) in [6.45, 7) is 4.62. The summed E-state index contributed by atoms with van der Waals surface area (Å²) < 4.78 is 13.7. The van der Waals surface area contributed by atoms with E-state index < -0.39 is 6.10 Å². The normalized spacial score (nSPS) is 14.2. The van der Waals surface area contributed by atoms with Crippen LogP contribution in [0.2, 0.25) is 0 Å². The Labute approximate surface area is 202 Å². The number of aromatic nitrogens is 2. The summed E-state index contributed by atoms with van der Waals surface area (Å²) >= 11 is 0. The van der Waals surface area contributed by atoms with Gasteiger partial charge in [-0.2, -0.15) is 5.10 Å². The SMILES string of the molecule is C#CCOC[C@H](O)CN(Cc1c(CC)nn(-c2ccccc2)c1Oc1ccccc1)CC1CC1. The van der Waals surface area contributed by atoms with E-state index in [1.165, 1.54) is 12.8 Å². The average Bonchev–Trinajstić information content (AvgIpc) is 3.61. The van der Waals surface area contributed by atoms with Gasteiger partial charge in [0.15, 0.2) is 0 Å². The molecule has 0 spiro atoms. The van der Waals surface area contributed by atoms with Crippen molar-refractivity contribution in [1.82, 2.24) is 14.7 Å². The third-order valence-corrected chi connectivity index (χ3v) is 5.87. The predicted octanol–water partition coefficient (Wildman–Crippen LogP) is 4.45. The Morgan fingerprint density at radius 3 is 2.50 bits per heavy atom. The number of rotatable bonds is 13. The number of hydrogen-bond acceptors (Lipinski definition) is 5. The first kappa shape index (κ1) is 24.0. The minimum absolute atomic E-state index is 0.207. The molecule has 6 nitrogen and oxygen atoms in total. The van der Waals surface area contributed by atoms with E-state index >= 15 is 0 Å². The molecule has 1 aliphatic carbocycles. The van der Waals surface area contributed by atoms with Gasteiger partial charge >= 0.3 is 0 Å². The van der Waals surface area contributed by atoms with Crippen molar-refractivity contribution in [2.24, 2.45) is 5.92 Å². The van der Waals surface area contributed by atoms with Gasteiger partial charge in [-0.15, -0.1) is 6.42 Å². The van der Waals surface area contributed by atoms with Crippen LogP contribution in [0.25, 0.3) is 5.69 Å². The molecular formula is C28H33N3O3. The Bertz CT molecular complexity index is 1070. The Morgan fingerprint density at radius 2 is 1.85 bits per heavy atom. The number of hydrogen-bond donors (Lipinski definition) is 1. The van der Waals surface area contributed by atoms with Gasteiger partial charge in [0.1, 0.15) is 12.4 Å². The molecule has 1 heterocycles. The molecule has 4 rings (SSSR count). The fraction of sp³-hybridized carbons (Fsp3) is 0.393. The van der Waals surface area contributed by atoms with Crippen molar-refractivity contribution >= 4 is 0 Å². The molecule has 3 aromatic rings. The van der Waals surface area contributed by atoms with Gasteiger partial charge in [-0.1, -0.05) is 49.2 Å². The fourth-order valence-electron chi connectivity index (χ4n) is 4.07. The van der Waals surface area contributed by atoms with Crippen molar-refractivity contribution in [1.29, 1.82) is 0 Å². The second-order valence-corrected chi connectivity index (χ2v) is 8.76. The van der Waals surface area contributed by atoms with Crippen LogP contribution < -0.4 is 4.74 Å². The third kappa shape index (κ3) is 6.48. The number of aliphatic hydroxyl groups excluding tert-OH is 1. The molecule has 0 saturated heterocycles. The molecule has 1 aromatic heterocycles. The number of aryl methyl sites for hydroxylation is 1. The summed E-state index contributed by atoms with van der Waals surface area (Å²) in [4.78, 5) is 2.30. The Kier molecular flexibility index (Phi) is 8.37. The number of benzene rings is 2. The highest BCUT2D eigenvalue weighted by molar-refractivity contribution is 5.43. The summed E-state index contributed by atoms with van der Waals surface area (Å²) in [5.74, 6) is 4.60. The summed E-state index contributed by atoms with van der Waals surface area (Å²) in [5.41, 5.74) is 2.99. The molecule has 178 valence electrons. The van der Waals surface area contributed by atoms with Gasteiger partial charge in [0.25, 0.3) is 0 Å². The minimum Gasteiger partial charge on any atom is -0.439 e. The van der Waals surface area contributed by atoms with Gasteiger partial charge < -0.3 is 14.6 Å². The van der Waals surface area contributed by atoms with E-state index in [2.05, 4.69) is 17.7 Å². The first-order chi connectivity index (χ1) is 16.7.